The quantitative estimate of drug-likeness (QED) is 0.839. The second-order valence-electron chi connectivity index (χ2n) is 4.00. The SMILES string of the molecule is CCCNC(=O)C(C)Nc1cc(F)cc(C#N)c1. The zero-order chi connectivity index (χ0) is 13.5. The standard InChI is InChI=1S/C13H16FN3O/c1-3-4-16-13(18)9(2)17-12-6-10(8-15)5-11(14)7-12/h5-7,9,17H,3-4H2,1-2H3,(H,16,18). The smallest absolute Gasteiger partial charge is 0.242 e. The van der Waals surface area contributed by atoms with Crippen LogP contribution >= 0.6 is 0 Å². The van der Waals surface area contributed by atoms with Gasteiger partial charge in [0.15, 0.2) is 0 Å². The third kappa shape index (κ3) is 4.06. The molecule has 0 fully saturated rings. The minimum atomic E-state index is -0.502. The molecule has 0 aliphatic heterocycles. The number of nitriles is 1. The zero-order valence-electron chi connectivity index (χ0n) is 10.5. The third-order valence-corrected chi connectivity index (χ3v) is 2.35. The highest BCUT2D eigenvalue weighted by Crippen LogP contribution is 2.14. The van der Waals surface area contributed by atoms with Gasteiger partial charge in [0, 0.05) is 12.2 Å². The Morgan fingerprint density at radius 2 is 2.22 bits per heavy atom. The number of anilines is 1. The molecule has 0 spiro atoms. The highest BCUT2D eigenvalue weighted by atomic mass is 19.1. The van der Waals surface area contributed by atoms with Crippen LogP contribution in [0.25, 0.3) is 0 Å². The summed E-state index contributed by atoms with van der Waals surface area (Å²) in [5.74, 6) is -0.655. The molecule has 18 heavy (non-hydrogen) atoms. The van der Waals surface area contributed by atoms with Gasteiger partial charge in [-0.05, 0) is 31.5 Å². The van der Waals surface area contributed by atoms with Crippen LogP contribution in [-0.2, 0) is 4.79 Å². The van der Waals surface area contributed by atoms with Crippen molar-refractivity contribution in [1.29, 1.82) is 5.26 Å². The van der Waals surface area contributed by atoms with Crippen molar-refractivity contribution in [3.8, 4) is 6.07 Å². The summed E-state index contributed by atoms with van der Waals surface area (Å²) in [6.45, 7) is 4.25. The lowest BCUT2D eigenvalue weighted by Crippen LogP contribution is -2.37. The average molecular weight is 249 g/mol. The fourth-order valence-corrected chi connectivity index (χ4v) is 1.45. The summed E-state index contributed by atoms with van der Waals surface area (Å²) in [6.07, 6.45) is 0.858. The number of amides is 1. The average Bonchev–Trinajstić information content (AvgIpc) is 2.34. The van der Waals surface area contributed by atoms with Crippen molar-refractivity contribution in [1.82, 2.24) is 5.32 Å². The lowest BCUT2D eigenvalue weighted by atomic mass is 10.2. The number of benzene rings is 1. The number of halogens is 1. The van der Waals surface area contributed by atoms with Crippen LogP contribution in [0.3, 0.4) is 0 Å². The molecule has 1 unspecified atom stereocenters. The number of nitrogens with one attached hydrogen (secondary N) is 2. The van der Waals surface area contributed by atoms with Gasteiger partial charge in [0.25, 0.3) is 0 Å². The van der Waals surface area contributed by atoms with E-state index in [1.807, 2.05) is 13.0 Å². The molecule has 2 N–H and O–H groups in total. The minimum Gasteiger partial charge on any atom is -0.374 e. The molecule has 4 nitrogen and oxygen atoms in total. The summed E-state index contributed by atoms with van der Waals surface area (Å²) >= 11 is 0. The number of hydrogen-bond acceptors (Lipinski definition) is 3. The fourth-order valence-electron chi connectivity index (χ4n) is 1.45. The predicted octanol–water partition coefficient (Wildman–Crippen LogP) is 2.02. The van der Waals surface area contributed by atoms with Crippen molar-refractivity contribution in [2.24, 2.45) is 0 Å². The van der Waals surface area contributed by atoms with Crippen LogP contribution in [0.5, 0.6) is 0 Å². The zero-order valence-corrected chi connectivity index (χ0v) is 10.5. The summed E-state index contributed by atoms with van der Waals surface area (Å²) in [5, 5.41) is 14.3. The van der Waals surface area contributed by atoms with Gasteiger partial charge in [0.1, 0.15) is 11.9 Å². The summed E-state index contributed by atoms with van der Waals surface area (Å²) in [6, 6.07) is 5.29. The van der Waals surface area contributed by atoms with Crippen molar-refractivity contribution in [3.05, 3.63) is 29.6 Å². The second-order valence-corrected chi connectivity index (χ2v) is 4.00. The molecule has 0 radical (unpaired) electrons. The van der Waals surface area contributed by atoms with E-state index in [9.17, 15) is 9.18 Å². The molecule has 0 bridgehead atoms. The summed E-state index contributed by atoms with van der Waals surface area (Å²) in [5.41, 5.74) is 0.643. The van der Waals surface area contributed by atoms with Gasteiger partial charge in [-0.3, -0.25) is 4.79 Å². The molecular formula is C13H16FN3O. The summed E-state index contributed by atoms with van der Waals surface area (Å²) < 4.78 is 13.2. The first-order chi connectivity index (χ1) is 8.56. The number of nitrogens with zero attached hydrogens (tertiary/aromatic N) is 1. The van der Waals surface area contributed by atoms with Crippen LogP contribution in [0, 0.1) is 17.1 Å². The van der Waals surface area contributed by atoms with Crippen LogP contribution in [0.4, 0.5) is 10.1 Å². The molecule has 96 valence electrons. The van der Waals surface area contributed by atoms with Gasteiger partial charge in [-0.15, -0.1) is 0 Å². The maximum atomic E-state index is 13.2. The van der Waals surface area contributed by atoms with E-state index in [-0.39, 0.29) is 11.5 Å². The van der Waals surface area contributed by atoms with Crippen LogP contribution in [-0.4, -0.2) is 18.5 Å². The number of carbonyl (C=O) groups is 1. The first-order valence-corrected chi connectivity index (χ1v) is 5.81. The van der Waals surface area contributed by atoms with Crippen LogP contribution in [0.1, 0.15) is 25.8 Å². The van der Waals surface area contributed by atoms with E-state index in [2.05, 4.69) is 10.6 Å². The van der Waals surface area contributed by atoms with Crippen molar-refractivity contribution >= 4 is 11.6 Å². The van der Waals surface area contributed by atoms with Gasteiger partial charge in [-0.1, -0.05) is 6.92 Å². The van der Waals surface area contributed by atoms with E-state index < -0.39 is 11.9 Å². The Morgan fingerprint density at radius 3 is 2.83 bits per heavy atom. The first-order valence-electron chi connectivity index (χ1n) is 5.81. The Balaban J connectivity index is 2.70. The highest BCUT2D eigenvalue weighted by molar-refractivity contribution is 5.84. The Kier molecular flexibility index (Phi) is 5.12. The van der Waals surface area contributed by atoms with Crippen molar-refractivity contribution in [2.45, 2.75) is 26.3 Å². The topological polar surface area (TPSA) is 64.9 Å². The predicted molar refractivity (Wildman–Crippen MR) is 67.5 cm³/mol. The number of hydrogen-bond donors (Lipinski definition) is 2. The molecule has 0 saturated carbocycles. The monoisotopic (exact) mass is 249 g/mol. The molecular weight excluding hydrogens is 233 g/mol. The van der Waals surface area contributed by atoms with Crippen molar-refractivity contribution < 1.29 is 9.18 Å². The Labute approximate surface area is 106 Å². The molecule has 0 heterocycles. The molecule has 0 aliphatic rings. The van der Waals surface area contributed by atoms with E-state index in [0.717, 1.165) is 12.5 Å². The van der Waals surface area contributed by atoms with Crippen molar-refractivity contribution in [2.75, 3.05) is 11.9 Å². The third-order valence-electron chi connectivity index (χ3n) is 2.35. The summed E-state index contributed by atoms with van der Waals surface area (Å²) in [7, 11) is 0. The lowest BCUT2D eigenvalue weighted by Gasteiger charge is -2.15. The van der Waals surface area contributed by atoms with E-state index in [1.165, 1.54) is 12.1 Å². The molecule has 1 atom stereocenters. The first kappa shape index (κ1) is 14.0. The van der Waals surface area contributed by atoms with Gasteiger partial charge >= 0.3 is 0 Å². The summed E-state index contributed by atoms with van der Waals surface area (Å²) in [4.78, 5) is 11.6. The molecule has 1 amide bonds. The molecule has 1 rings (SSSR count). The second kappa shape index (κ2) is 6.60. The minimum absolute atomic E-state index is 0.153. The van der Waals surface area contributed by atoms with E-state index in [4.69, 9.17) is 5.26 Å². The molecule has 0 aliphatic carbocycles. The molecule has 1 aromatic rings. The molecule has 5 heteroatoms. The fraction of sp³-hybridized carbons (Fsp3) is 0.385. The highest BCUT2D eigenvalue weighted by Gasteiger charge is 2.12. The molecule has 0 aromatic heterocycles. The molecule has 1 aromatic carbocycles. The van der Waals surface area contributed by atoms with Gasteiger partial charge in [0.05, 0.1) is 11.6 Å². The van der Waals surface area contributed by atoms with Gasteiger partial charge < -0.3 is 10.6 Å². The van der Waals surface area contributed by atoms with E-state index in [0.29, 0.717) is 12.2 Å². The number of carbonyl (C=O) groups excluding carboxylic acids is 1. The van der Waals surface area contributed by atoms with Gasteiger partial charge in [0.2, 0.25) is 5.91 Å². The van der Waals surface area contributed by atoms with Gasteiger partial charge in [-0.25, -0.2) is 4.39 Å². The Bertz CT molecular complexity index is 468. The number of rotatable bonds is 5. The van der Waals surface area contributed by atoms with Crippen LogP contribution in [0.2, 0.25) is 0 Å². The van der Waals surface area contributed by atoms with Crippen LogP contribution in [0.15, 0.2) is 18.2 Å². The van der Waals surface area contributed by atoms with E-state index >= 15 is 0 Å². The lowest BCUT2D eigenvalue weighted by molar-refractivity contribution is -0.121. The maximum Gasteiger partial charge on any atom is 0.242 e. The van der Waals surface area contributed by atoms with E-state index in [1.54, 1.807) is 6.92 Å². The largest absolute Gasteiger partial charge is 0.374 e. The van der Waals surface area contributed by atoms with Crippen LogP contribution < -0.4 is 10.6 Å². The van der Waals surface area contributed by atoms with Crippen molar-refractivity contribution in [3.63, 3.8) is 0 Å². The molecule has 0 saturated heterocycles. The normalized spacial score (nSPS) is 11.4. The van der Waals surface area contributed by atoms with Gasteiger partial charge in [-0.2, -0.15) is 5.26 Å². The Morgan fingerprint density at radius 1 is 1.50 bits per heavy atom. The Hall–Kier alpha value is -2.09. The maximum absolute atomic E-state index is 13.2.